The second kappa shape index (κ2) is 6.37. The molecule has 1 aliphatic rings. The van der Waals surface area contributed by atoms with Crippen LogP contribution in [0, 0.1) is 11.7 Å². The first-order valence-electron chi connectivity index (χ1n) is 7.16. The lowest BCUT2D eigenvalue weighted by atomic mass is 9.92. The lowest BCUT2D eigenvalue weighted by Crippen LogP contribution is -2.42. The molecule has 4 nitrogen and oxygen atoms in total. The zero-order valence-electron chi connectivity index (χ0n) is 12.5. The third kappa shape index (κ3) is 3.84. The van der Waals surface area contributed by atoms with E-state index in [0.29, 0.717) is 25.0 Å². The Labute approximate surface area is 132 Å². The van der Waals surface area contributed by atoms with Gasteiger partial charge in [-0.25, -0.2) is 12.8 Å². The van der Waals surface area contributed by atoms with Crippen molar-refractivity contribution < 1.29 is 26.0 Å². The SMILES string of the molecule is CC(N)C1CCN(S(=O)(=O)c2ccc(F)c(C(F)(F)F)c2)CC1. The molecule has 0 radical (unpaired) electrons. The van der Waals surface area contributed by atoms with E-state index >= 15 is 0 Å². The van der Waals surface area contributed by atoms with Gasteiger partial charge in [-0.1, -0.05) is 0 Å². The van der Waals surface area contributed by atoms with Crippen LogP contribution in [0.2, 0.25) is 0 Å². The Hall–Kier alpha value is -1.19. The maximum absolute atomic E-state index is 13.3. The number of nitrogens with zero attached hydrogens (tertiary/aromatic N) is 1. The Morgan fingerprint density at radius 2 is 1.83 bits per heavy atom. The molecule has 0 spiro atoms. The fourth-order valence-corrected chi connectivity index (χ4v) is 4.17. The summed E-state index contributed by atoms with van der Waals surface area (Å²) in [6.45, 7) is 2.21. The van der Waals surface area contributed by atoms with E-state index in [9.17, 15) is 26.0 Å². The Bertz CT molecular complexity index is 666. The molecule has 1 saturated heterocycles. The highest BCUT2D eigenvalue weighted by Gasteiger charge is 2.37. The second-order valence-electron chi connectivity index (χ2n) is 5.74. The third-order valence-electron chi connectivity index (χ3n) is 4.12. The van der Waals surface area contributed by atoms with Crippen LogP contribution in [-0.2, 0) is 16.2 Å². The van der Waals surface area contributed by atoms with Gasteiger partial charge in [0, 0.05) is 19.1 Å². The quantitative estimate of drug-likeness (QED) is 0.849. The van der Waals surface area contributed by atoms with E-state index in [0.717, 1.165) is 10.4 Å². The molecule has 1 atom stereocenters. The standard InChI is InChI=1S/C14H18F4N2O2S/c1-9(19)10-4-6-20(7-5-10)23(21,22)11-2-3-13(15)12(8-11)14(16,17)18/h2-3,8-10H,4-7,19H2,1H3. The van der Waals surface area contributed by atoms with Gasteiger partial charge in [-0.2, -0.15) is 17.5 Å². The number of benzene rings is 1. The Balaban J connectivity index is 2.28. The van der Waals surface area contributed by atoms with Crippen LogP contribution in [0.1, 0.15) is 25.3 Å². The highest BCUT2D eigenvalue weighted by molar-refractivity contribution is 7.89. The van der Waals surface area contributed by atoms with E-state index in [1.807, 2.05) is 6.92 Å². The molecule has 23 heavy (non-hydrogen) atoms. The van der Waals surface area contributed by atoms with Crippen molar-refractivity contribution in [2.45, 2.75) is 36.9 Å². The topological polar surface area (TPSA) is 63.4 Å². The molecule has 1 aliphatic heterocycles. The van der Waals surface area contributed by atoms with Crippen molar-refractivity contribution in [3.8, 4) is 0 Å². The van der Waals surface area contributed by atoms with Crippen molar-refractivity contribution in [2.75, 3.05) is 13.1 Å². The average Bonchev–Trinajstić information content (AvgIpc) is 2.46. The first-order chi connectivity index (χ1) is 10.5. The van der Waals surface area contributed by atoms with Gasteiger partial charge in [0.05, 0.1) is 10.5 Å². The normalized spacial score (nSPS) is 19.7. The molecule has 130 valence electrons. The van der Waals surface area contributed by atoms with Gasteiger partial charge in [-0.3, -0.25) is 0 Å². The maximum Gasteiger partial charge on any atom is 0.419 e. The summed E-state index contributed by atoms with van der Waals surface area (Å²) >= 11 is 0. The van der Waals surface area contributed by atoms with Crippen LogP contribution in [0.15, 0.2) is 23.1 Å². The first-order valence-corrected chi connectivity index (χ1v) is 8.60. The monoisotopic (exact) mass is 354 g/mol. The molecule has 1 aromatic rings. The van der Waals surface area contributed by atoms with Crippen LogP contribution in [-0.4, -0.2) is 31.9 Å². The summed E-state index contributed by atoms with van der Waals surface area (Å²) in [6.07, 6.45) is -3.86. The molecule has 1 fully saturated rings. The fourth-order valence-electron chi connectivity index (χ4n) is 2.67. The summed E-state index contributed by atoms with van der Waals surface area (Å²) in [5, 5.41) is 0. The minimum absolute atomic E-state index is 0.0671. The zero-order chi connectivity index (χ0) is 17.4. The lowest BCUT2D eigenvalue weighted by Gasteiger charge is -2.33. The van der Waals surface area contributed by atoms with Crippen LogP contribution in [0.4, 0.5) is 17.6 Å². The van der Waals surface area contributed by atoms with Crippen molar-refractivity contribution in [1.29, 1.82) is 0 Å². The summed E-state index contributed by atoms with van der Waals surface area (Å²) in [4.78, 5) is -0.550. The lowest BCUT2D eigenvalue weighted by molar-refractivity contribution is -0.140. The van der Waals surface area contributed by atoms with Crippen LogP contribution >= 0.6 is 0 Å². The highest BCUT2D eigenvalue weighted by atomic mass is 32.2. The Kier molecular flexibility index (Phi) is 5.03. The van der Waals surface area contributed by atoms with Gasteiger partial charge in [0.2, 0.25) is 10.0 Å². The van der Waals surface area contributed by atoms with Crippen molar-refractivity contribution >= 4 is 10.0 Å². The molecule has 0 aliphatic carbocycles. The van der Waals surface area contributed by atoms with Crippen molar-refractivity contribution in [3.63, 3.8) is 0 Å². The van der Waals surface area contributed by atoms with Crippen LogP contribution in [0.5, 0.6) is 0 Å². The molecule has 0 saturated carbocycles. The van der Waals surface area contributed by atoms with Gasteiger partial charge in [0.25, 0.3) is 0 Å². The number of nitrogens with two attached hydrogens (primary N) is 1. The molecular weight excluding hydrogens is 336 g/mol. The fraction of sp³-hybridized carbons (Fsp3) is 0.571. The van der Waals surface area contributed by atoms with E-state index in [1.165, 1.54) is 0 Å². The van der Waals surface area contributed by atoms with E-state index in [1.54, 1.807) is 0 Å². The maximum atomic E-state index is 13.3. The summed E-state index contributed by atoms with van der Waals surface area (Å²) in [7, 11) is -4.08. The van der Waals surface area contributed by atoms with Gasteiger partial charge in [0.1, 0.15) is 5.82 Å². The van der Waals surface area contributed by atoms with Crippen molar-refractivity contribution in [2.24, 2.45) is 11.7 Å². The van der Waals surface area contributed by atoms with E-state index in [4.69, 9.17) is 5.73 Å². The molecule has 1 aromatic carbocycles. The van der Waals surface area contributed by atoms with Gasteiger partial charge in [0.15, 0.2) is 0 Å². The van der Waals surface area contributed by atoms with Crippen LogP contribution in [0.25, 0.3) is 0 Å². The van der Waals surface area contributed by atoms with Crippen LogP contribution in [0.3, 0.4) is 0 Å². The molecule has 0 amide bonds. The number of sulfonamides is 1. The molecule has 1 heterocycles. The van der Waals surface area contributed by atoms with Gasteiger partial charge in [-0.05, 0) is 43.9 Å². The molecule has 2 N–H and O–H groups in total. The third-order valence-corrected chi connectivity index (χ3v) is 6.02. The minimum Gasteiger partial charge on any atom is -0.328 e. The zero-order valence-corrected chi connectivity index (χ0v) is 13.3. The summed E-state index contributed by atoms with van der Waals surface area (Å²) in [6, 6.07) is 1.67. The van der Waals surface area contributed by atoms with Crippen molar-refractivity contribution in [3.05, 3.63) is 29.6 Å². The number of rotatable bonds is 3. The molecule has 1 unspecified atom stereocenters. The van der Waals surface area contributed by atoms with Crippen LogP contribution < -0.4 is 5.73 Å². The minimum atomic E-state index is -4.95. The number of halogens is 4. The summed E-state index contributed by atoms with van der Waals surface area (Å²) < 4.78 is 77.5. The number of piperidine rings is 1. The van der Waals surface area contributed by atoms with Crippen molar-refractivity contribution in [1.82, 2.24) is 4.31 Å². The largest absolute Gasteiger partial charge is 0.419 e. The first kappa shape index (κ1) is 18.2. The Morgan fingerprint density at radius 3 is 2.30 bits per heavy atom. The van der Waals surface area contributed by atoms with Gasteiger partial charge < -0.3 is 5.73 Å². The second-order valence-corrected chi connectivity index (χ2v) is 7.68. The van der Waals surface area contributed by atoms with E-state index in [2.05, 4.69) is 0 Å². The molecular formula is C14H18F4N2O2S. The smallest absolute Gasteiger partial charge is 0.328 e. The summed E-state index contributed by atoms with van der Waals surface area (Å²) in [5.41, 5.74) is 4.20. The highest BCUT2D eigenvalue weighted by Crippen LogP contribution is 2.34. The van der Waals surface area contributed by atoms with Gasteiger partial charge >= 0.3 is 6.18 Å². The molecule has 2 rings (SSSR count). The number of alkyl halides is 3. The number of hydrogen-bond acceptors (Lipinski definition) is 3. The number of hydrogen-bond donors (Lipinski definition) is 1. The molecule has 0 bridgehead atoms. The predicted octanol–water partition coefficient (Wildman–Crippen LogP) is 2.59. The average molecular weight is 354 g/mol. The van der Waals surface area contributed by atoms with Gasteiger partial charge in [-0.15, -0.1) is 0 Å². The van der Waals surface area contributed by atoms with E-state index < -0.39 is 32.5 Å². The predicted molar refractivity (Wildman–Crippen MR) is 76.5 cm³/mol. The Morgan fingerprint density at radius 1 is 1.26 bits per heavy atom. The van der Waals surface area contributed by atoms with E-state index in [-0.39, 0.29) is 25.0 Å². The molecule has 9 heteroatoms. The summed E-state index contributed by atoms with van der Waals surface area (Å²) in [5.74, 6) is -1.31. The molecule has 0 aromatic heterocycles.